The molecule has 3 rings (SSSR count). The molecule has 0 spiro atoms. The highest BCUT2D eigenvalue weighted by atomic mass is 28.3. The minimum atomic E-state index is -0.729. The van der Waals surface area contributed by atoms with Gasteiger partial charge in [-0.25, -0.2) is 8.78 Å². The van der Waals surface area contributed by atoms with Gasteiger partial charge in [-0.1, -0.05) is 122 Å². The first kappa shape index (κ1) is 31.6. The minimum Gasteiger partial charge on any atom is -0.485 e. The number of ether oxygens (including phenoxy) is 1. The number of benzene rings is 1. The molecule has 0 bridgehead atoms. The predicted octanol–water partition coefficient (Wildman–Crippen LogP) is 11.5. The van der Waals surface area contributed by atoms with E-state index < -0.39 is 20.4 Å². The normalized spacial score (nSPS) is 24.9. The smallest absolute Gasteiger partial charge is 0.191 e. The second kappa shape index (κ2) is 17.7. The van der Waals surface area contributed by atoms with Gasteiger partial charge >= 0.3 is 0 Å². The molecule has 2 fully saturated rings. The molecular weight excluding hydrogens is 490 g/mol. The fourth-order valence-corrected chi connectivity index (χ4v) is 11.5. The van der Waals surface area contributed by atoms with Gasteiger partial charge in [-0.15, -0.1) is 0 Å². The van der Waals surface area contributed by atoms with E-state index in [-0.39, 0.29) is 11.9 Å². The summed E-state index contributed by atoms with van der Waals surface area (Å²) in [6.07, 6.45) is 24.6. The van der Waals surface area contributed by atoms with Crippen molar-refractivity contribution in [1.82, 2.24) is 0 Å². The van der Waals surface area contributed by atoms with Crippen LogP contribution in [-0.4, -0.2) is 14.9 Å². The average molecular weight is 549 g/mol. The highest BCUT2D eigenvalue weighted by Gasteiger charge is 2.32. The zero-order valence-electron chi connectivity index (χ0n) is 25.1. The van der Waals surface area contributed by atoms with Crippen molar-refractivity contribution in [2.75, 3.05) is 0 Å². The zero-order valence-corrected chi connectivity index (χ0v) is 26.2. The molecule has 38 heavy (non-hydrogen) atoms. The molecule has 1 aliphatic heterocycles. The molecule has 1 aromatic rings. The van der Waals surface area contributed by atoms with Gasteiger partial charge in [-0.3, -0.25) is 0 Å². The van der Waals surface area contributed by atoms with E-state index in [0.717, 1.165) is 49.1 Å². The van der Waals surface area contributed by atoms with Gasteiger partial charge < -0.3 is 4.74 Å². The molecule has 1 nitrogen and oxygen atoms in total. The maximum atomic E-state index is 14.9. The molecule has 1 saturated carbocycles. The number of unbranched alkanes of at least 4 members (excludes halogenated alkanes) is 9. The Hall–Kier alpha value is -0.903. The van der Waals surface area contributed by atoms with Crippen molar-refractivity contribution in [1.29, 1.82) is 0 Å². The Balaban J connectivity index is 1.37. The predicted molar refractivity (Wildman–Crippen MR) is 162 cm³/mol. The Labute approximate surface area is 235 Å². The third-order valence-corrected chi connectivity index (χ3v) is 14.0. The van der Waals surface area contributed by atoms with E-state index >= 15 is 0 Å². The van der Waals surface area contributed by atoms with E-state index in [4.69, 9.17) is 4.74 Å². The van der Waals surface area contributed by atoms with Crippen LogP contribution in [0.25, 0.3) is 0 Å². The maximum Gasteiger partial charge on any atom is 0.191 e. The molecule has 0 amide bonds. The van der Waals surface area contributed by atoms with Crippen LogP contribution in [0.1, 0.15) is 154 Å². The molecule has 1 saturated heterocycles. The molecule has 0 aromatic heterocycles. The second-order valence-electron chi connectivity index (χ2n) is 12.9. The lowest BCUT2D eigenvalue weighted by Crippen LogP contribution is -2.29. The van der Waals surface area contributed by atoms with Gasteiger partial charge in [0.2, 0.25) is 0 Å². The Kier molecular flexibility index (Phi) is 14.7. The number of rotatable bonds is 17. The van der Waals surface area contributed by atoms with Crippen LogP contribution in [0.4, 0.5) is 8.78 Å². The van der Waals surface area contributed by atoms with Gasteiger partial charge in [0.25, 0.3) is 0 Å². The van der Waals surface area contributed by atoms with Crippen LogP contribution in [0.3, 0.4) is 0 Å². The van der Waals surface area contributed by atoms with Gasteiger partial charge in [-0.05, 0) is 67.7 Å². The molecule has 0 unspecified atom stereocenters. The summed E-state index contributed by atoms with van der Waals surface area (Å²) in [6, 6.07) is 5.86. The highest BCUT2D eigenvalue weighted by molar-refractivity contribution is 6.60. The van der Waals surface area contributed by atoms with E-state index in [1.807, 2.05) is 6.92 Å². The average Bonchev–Trinajstić information content (AvgIpc) is 2.93. The quantitative estimate of drug-likeness (QED) is 0.139. The molecule has 1 heterocycles. The Morgan fingerprint density at radius 2 is 1.32 bits per heavy atom. The molecule has 2 aliphatic rings. The van der Waals surface area contributed by atoms with Gasteiger partial charge in [0.05, 0.1) is 6.10 Å². The summed E-state index contributed by atoms with van der Waals surface area (Å²) in [5, 5.41) is 0. The van der Waals surface area contributed by atoms with E-state index in [1.165, 1.54) is 102 Å². The standard InChI is InChI=1S/C34H58F2OSi/c1-4-6-8-10-12-14-16-28-17-19-31(20-18-28)38-23-21-29(22-24-38)30-25-32(35)34(33(36)26-30)37-27(3)15-13-11-9-7-5-2/h25-29,31,38H,4-24H2,1-3H3/t27-,28?,29?,31?,38?/m0/s1. The van der Waals surface area contributed by atoms with Crippen LogP contribution in [0.2, 0.25) is 17.6 Å². The van der Waals surface area contributed by atoms with Crippen LogP contribution in [-0.2, 0) is 0 Å². The van der Waals surface area contributed by atoms with Gasteiger partial charge in [-0.2, -0.15) is 0 Å². The van der Waals surface area contributed by atoms with Crippen molar-refractivity contribution in [3.05, 3.63) is 29.3 Å². The fourth-order valence-electron chi connectivity index (χ4n) is 7.31. The van der Waals surface area contributed by atoms with Crippen molar-refractivity contribution in [2.24, 2.45) is 5.92 Å². The van der Waals surface area contributed by atoms with Crippen LogP contribution >= 0.6 is 0 Å². The number of hydrogen-bond donors (Lipinski definition) is 0. The first-order valence-corrected chi connectivity index (χ1v) is 19.0. The molecule has 0 radical (unpaired) electrons. The summed E-state index contributed by atoms with van der Waals surface area (Å²) in [5.74, 6) is 0.104. The van der Waals surface area contributed by atoms with Gasteiger partial charge in [0.1, 0.15) is 0 Å². The van der Waals surface area contributed by atoms with Crippen LogP contribution in [0, 0.1) is 17.6 Å². The van der Waals surface area contributed by atoms with Crippen molar-refractivity contribution >= 4 is 8.80 Å². The van der Waals surface area contributed by atoms with Gasteiger partial charge in [0.15, 0.2) is 17.4 Å². The SMILES string of the molecule is CCCCCCCCC1CCC([SiH]2CCC(c3cc(F)c(O[C@@H](C)CCCCCCC)c(F)c3)CC2)CC1. The number of halogens is 2. The first-order valence-electron chi connectivity index (χ1n) is 16.7. The molecule has 0 N–H and O–H groups in total. The Morgan fingerprint density at radius 1 is 0.763 bits per heavy atom. The van der Waals surface area contributed by atoms with Crippen molar-refractivity contribution in [3.8, 4) is 5.75 Å². The summed E-state index contributed by atoms with van der Waals surface area (Å²) >= 11 is 0. The molecule has 218 valence electrons. The van der Waals surface area contributed by atoms with Crippen molar-refractivity contribution in [3.63, 3.8) is 0 Å². The van der Waals surface area contributed by atoms with E-state index in [1.54, 1.807) is 12.1 Å². The molecule has 1 aliphatic carbocycles. The van der Waals surface area contributed by atoms with Crippen molar-refractivity contribution in [2.45, 2.75) is 172 Å². The Bertz CT molecular complexity index is 745. The molecule has 1 aromatic carbocycles. The van der Waals surface area contributed by atoms with Gasteiger partial charge in [0, 0.05) is 8.80 Å². The summed E-state index contributed by atoms with van der Waals surface area (Å²) in [4.78, 5) is 0. The maximum absolute atomic E-state index is 14.9. The summed E-state index contributed by atoms with van der Waals surface area (Å²) in [6.45, 7) is 6.43. The lowest BCUT2D eigenvalue weighted by Gasteiger charge is -2.37. The zero-order chi connectivity index (χ0) is 27.2. The molecule has 4 heteroatoms. The summed E-state index contributed by atoms with van der Waals surface area (Å²) < 4.78 is 35.6. The van der Waals surface area contributed by atoms with E-state index in [9.17, 15) is 8.78 Å². The summed E-state index contributed by atoms with van der Waals surface area (Å²) in [5.41, 5.74) is 1.87. The highest BCUT2D eigenvalue weighted by Crippen LogP contribution is 2.44. The van der Waals surface area contributed by atoms with Crippen LogP contribution < -0.4 is 4.74 Å². The third-order valence-electron chi connectivity index (χ3n) is 9.82. The topological polar surface area (TPSA) is 9.23 Å². The monoisotopic (exact) mass is 548 g/mol. The van der Waals surface area contributed by atoms with E-state index in [2.05, 4.69) is 13.8 Å². The lowest BCUT2D eigenvalue weighted by molar-refractivity contribution is 0.188. The molecule has 1 atom stereocenters. The Morgan fingerprint density at radius 3 is 1.92 bits per heavy atom. The minimum absolute atomic E-state index is 0.159. The largest absolute Gasteiger partial charge is 0.485 e. The number of hydrogen-bond acceptors (Lipinski definition) is 1. The third kappa shape index (κ3) is 10.6. The first-order chi connectivity index (χ1) is 18.5. The lowest BCUT2D eigenvalue weighted by atomic mass is 9.85. The van der Waals surface area contributed by atoms with Crippen LogP contribution in [0.5, 0.6) is 5.75 Å². The van der Waals surface area contributed by atoms with E-state index in [0.29, 0.717) is 5.92 Å². The van der Waals surface area contributed by atoms with Crippen LogP contribution in [0.15, 0.2) is 12.1 Å². The summed E-state index contributed by atoms with van der Waals surface area (Å²) in [7, 11) is -0.729. The molecular formula is C34H58F2OSi. The van der Waals surface area contributed by atoms with Crippen molar-refractivity contribution < 1.29 is 13.5 Å². The fraction of sp³-hybridized carbons (Fsp3) is 0.824. The second-order valence-corrected chi connectivity index (χ2v) is 16.5.